The molecule has 0 saturated carbocycles. The molecule has 1 fully saturated rings. The molecular weight excluding hydrogens is 375 g/mol. The molecule has 1 aliphatic heterocycles. The molecule has 1 aromatic carbocycles. The number of carbonyl (C=O) groups is 2. The minimum Gasteiger partial charge on any atom is -0.444 e. The van der Waals surface area contributed by atoms with Crippen LogP contribution in [0.3, 0.4) is 0 Å². The molecule has 27 heavy (non-hydrogen) atoms. The quantitative estimate of drug-likeness (QED) is 0.833. The fourth-order valence-electron chi connectivity index (χ4n) is 3.12. The van der Waals surface area contributed by atoms with Gasteiger partial charge in [0, 0.05) is 6.54 Å². The van der Waals surface area contributed by atoms with Gasteiger partial charge in [-0.25, -0.2) is 9.18 Å². The maximum Gasteiger partial charge on any atom is 0.412 e. The summed E-state index contributed by atoms with van der Waals surface area (Å²) >= 11 is 5.94. The fraction of sp³-hybridized carbons (Fsp3) is 0.579. The number of rotatable bonds is 3. The lowest BCUT2D eigenvalue weighted by molar-refractivity contribution is -0.0756. The SMILES string of the molecule is C[C@H]1OC(C)(C)N(C(=O)OC(C)(C)C)[C@@H]1CNC(=O)c1c(F)cccc1Cl. The second kappa shape index (κ2) is 7.64. The van der Waals surface area contributed by atoms with Crippen molar-refractivity contribution in [2.75, 3.05) is 6.54 Å². The number of carbonyl (C=O) groups excluding carboxylic acids is 2. The van der Waals surface area contributed by atoms with Crippen LogP contribution in [0, 0.1) is 5.82 Å². The van der Waals surface area contributed by atoms with E-state index in [9.17, 15) is 14.0 Å². The average molecular weight is 401 g/mol. The van der Waals surface area contributed by atoms with Crippen LogP contribution < -0.4 is 5.32 Å². The van der Waals surface area contributed by atoms with Gasteiger partial charge in [-0.2, -0.15) is 0 Å². The predicted molar refractivity (Wildman–Crippen MR) is 100 cm³/mol. The molecule has 1 aromatic rings. The smallest absolute Gasteiger partial charge is 0.412 e. The van der Waals surface area contributed by atoms with Gasteiger partial charge in [-0.3, -0.25) is 9.69 Å². The monoisotopic (exact) mass is 400 g/mol. The molecule has 2 rings (SSSR count). The third-order valence-electron chi connectivity index (χ3n) is 4.18. The number of halogens is 2. The minimum absolute atomic E-state index is 0.0209. The number of hydrogen-bond acceptors (Lipinski definition) is 4. The van der Waals surface area contributed by atoms with E-state index in [1.807, 2.05) is 0 Å². The molecule has 0 radical (unpaired) electrons. The van der Waals surface area contributed by atoms with Crippen LogP contribution in [0.4, 0.5) is 9.18 Å². The molecule has 0 spiro atoms. The number of nitrogens with one attached hydrogen (secondary N) is 1. The van der Waals surface area contributed by atoms with Crippen LogP contribution >= 0.6 is 11.6 Å². The van der Waals surface area contributed by atoms with Gasteiger partial charge in [0.05, 0.1) is 22.7 Å². The van der Waals surface area contributed by atoms with Crippen LogP contribution in [0.2, 0.25) is 5.02 Å². The van der Waals surface area contributed by atoms with E-state index in [0.717, 1.165) is 6.07 Å². The van der Waals surface area contributed by atoms with Crippen molar-refractivity contribution < 1.29 is 23.5 Å². The van der Waals surface area contributed by atoms with Gasteiger partial charge in [-0.05, 0) is 53.7 Å². The van der Waals surface area contributed by atoms with Gasteiger partial charge in [-0.1, -0.05) is 17.7 Å². The topological polar surface area (TPSA) is 67.9 Å². The largest absolute Gasteiger partial charge is 0.444 e. The second-order valence-corrected chi connectivity index (χ2v) is 8.40. The maximum atomic E-state index is 13.9. The molecule has 1 saturated heterocycles. The Labute approximate surface area is 163 Å². The van der Waals surface area contributed by atoms with Crippen molar-refractivity contribution in [3.63, 3.8) is 0 Å². The zero-order valence-corrected chi connectivity index (χ0v) is 17.2. The summed E-state index contributed by atoms with van der Waals surface area (Å²) in [6.45, 7) is 10.7. The van der Waals surface area contributed by atoms with Crippen molar-refractivity contribution in [2.24, 2.45) is 0 Å². The standard InChI is InChI=1S/C19H26ClFN2O4/c1-11-14(10-22-16(24)15-12(20)8-7-9-13(15)21)23(19(5,6)26-11)17(25)27-18(2,3)4/h7-9,11,14H,10H2,1-6H3,(H,22,24)/t11-,14-/m1/s1. The number of ether oxygens (including phenoxy) is 2. The summed E-state index contributed by atoms with van der Waals surface area (Å²) in [5.41, 5.74) is -1.81. The van der Waals surface area contributed by atoms with Crippen molar-refractivity contribution in [3.05, 3.63) is 34.6 Å². The summed E-state index contributed by atoms with van der Waals surface area (Å²) in [5.74, 6) is -1.36. The van der Waals surface area contributed by atoms with Gasteiger partial charge >= 0.3 is 6.09 Å². The van der Waals surface area contributed by atoms with Crippen LogP contribution in [-0.2, 0) is 9.47 Å². The van der Waals surface area contributed by atoms with Gasteiger partial charge in [0.25, 0.3) is 5.91 Å². The molecule has 1 heterocycles. The second-order valence-electron chi connectivity index (χ2n) is 7.99. The Balaban J connectivity index is 2.17. The van der Waals surface area contributed by atoms with Crippen molar-refractivity contribution in [2.45, 2.75) is 65.0 Å². The molecule has 0 unspecified atom stereocenters. The molecule has 0 bridgehead atoms. The lowest BCUT2D eigenvalue weighted by Gasteiger charge is -2.35. The highest BCUT2D eigenvalue weighted by Gasteiger charge is 2.49. The first kappa shape index (κ1) is 21.4. The Morgan fingerprint density at radius 2 is 2.00 bits per heavy atom. The van der Waals surface area contributed by atoms with Crippen molar-refractivity contribution in [1.82, 2.24) is 10.2 Å². The highest BCUT2D eigenvalue weighted by Crippen LogP contribution is 2.33. The van der Waals surface area contributed by atoms with E-state index in [-0.39, 0.29) is 23.2 Å². The first-order valence-electron chi connectivity index (χ1n) is 8.76. The maximum absolute atomic E-state index is 13.9. The highest BCUT2D eigenvalue weighted by atomic mass is 35.5. The predicted octanol–water partition coefficient (Wildman–Crippen LogP) is 3.97. The molecular formula is C19H26ClFN2O4. The number of nitrogens with zero attached hydrogens (tertiary/aromatic N) is 1. The van der Waals surface area contributed by atoms with Crippen molar-refractivity contribution in [3.8, 4) is 0 Å². The average Bonchev–Trinajstić information content (AvgIpc) is 2.71. The Kier molecular flexibility index (Phi) is 6.06. The third-order valence-corrected chi connectivity index (χ3v) is 4.49. The first-order valence-corrected chi connectivity index (χ1v) is 9.13. The van der Waals surface area contributed by atoms with E-state index in [1.165, 1.54) is 17.0 Å². The summed E-state index contributed by atoms with van der Waals surface area (Å²) in [4.78, 5) is 26.6. The van der Waals surface area contributed by atoms with Gasteiger partial charge < -0.3 is 14.8 Å². The first-order chi connectivity index (χ1) is 12.3. The Bertz CT molecular complexity index is 713. The Morgan fingerprint density at radius 1 is 1.37 bits per heavy atom. The molecule has 8 heteroatoms. The van der Waals surface area contributed by atoms with E-state index in [4.69, 9.17) is 21.1 Å². The van der Waals surface area contributed by atoms with Gasteiger partial charge in [0.15, 0.2) is 0 Å². The fourth-order valence-corrected chi connectivity index (χ4v) is 3.37. The molecule has 0 aliphatic carbocycles. The molecule has 1 aliphatic rings. The van der Waals surface area contributed by atoms with Crippen LogP contribution in [-0.4, -0.2) is 46.9 Å². The molecule has 2 atom stereocenters. The number of hydrogen-bond donors (Lipinski definition) is 1. The summed E-state index contributed by atoms with van der Waals surface area (Å²) in [5, 5.41) is 2.67. The molecule has 0 aromatic heterocycles. The van der Waals surface area contributed by atoms with E-state index in [0.29, 0.717) is 0 Å². The van der Waals surface area contributed by atoms with E-state index in [1.54, 1.807) is 41.5 Å². The molecule has 2 amide bonds. The molecule has 1 N–H and O–H groups in total. The van der Waals surface area contributed by atoms with Crippen LogP contribution in [0.1, 0.15) is 51.9 Å². The lowest BCUT2D eigenvalue weighted by atomic mass is 10.1. The number of benzene rings is 1. The summed E-state index contributed by atoms with van der Waals surface area (Å²) < 4.78 is 25.3. The zero-order chi connectivity index (χ0) is 20.6. The third kappa shape index (κ3) is 4.90. The van der Waals surface area contributed by atoms with Crippen LogP contribution in [0.15, 0.2) is 18.2 Å². The minimum atomic E-state index is -0.910. The van der Waals surface area contributed by atoms with Crippen molar-refractivity contribution in [1.29, 1.82) is 0 Å². The highest BCUT2D eigenvalue weighted by molar-refractivity contribution is 6.33. The number of amides is 2. The Hall–Kier alpha value is -1.86. The van der Waals surface area contributed by atoms with Crippen molar-refractivity contribution >= 4 is 23.6 Å². The molecule has 6 nitrogen and oxygen atoms in total. The van der Waals surface area contributed by atoms with E-state index in [2.05, 4.69) is 5.32 Å². The summed E-state index contributed by atoms with van der Waals surface area (Å²) in [6, 6.07) is 3.55. The van der Waals surface area contributed by atoms with Gasteiger partial charge in [-0.15, -0.1) is 0 Å². The van der Waals surface area contributed by atoms with E-state index < -0.39 is 35.2 Å². The van der Waals surface area contributed by atoms with Crippen LogP contribution in [0.5, 0.6) is 0 Å². The zero-order valence-electron chi connectivity index (χ0n) is 16.4. The van der Waals surface area contributed by atoms with Gasteiger partial charge in [0.1, 0.15) is 17.1 Å². The Morgan fingerprint density at radius 3 is 2.56 bits per heavy atom. The van der Waals surface area contributed by atoms with E-state index >= 15 is 0 Å². The normalized spacial score (nSPS) is 21.9. The van der Waals surface area contributed by atoms with Crippen LogP contribution in [0.25, 0.3) is 0 Å². The molecule has 150 valence electrons. The van der Waals surface area contributed by atoms with Gasteiger partial charge in [0.2, 0.25) is 0 Å². The summed E-state index contributed by atoms with van der Waals surface area (Å²) in [7, 11) is 0. The summed E-state index contributed by atoms with van der Waals surface area (Å²) in [6.07, 6.45) is -0.899. The lowest BCUT2D eigenvalue weighted by Crippen LogP contribution is -2.53.